The predicted molar refractivity (Wildman–Crippen MR) is 122 cm³/mol. The Balaban J connectivity index is 2.02. The second-order valence-corrected chi connectivity index (χ2v) is 7.55. The summed E-state index contributed by atoms with van der Waals surface area (Å²) >= 11 is 6.22. The molecule has 0 unspecified atom stereocenters. The van der Waals surface area contributed by atoms with Crippen LogP contribution >= 0.6 is 11.6 Å². The van der Waals surface area contributed by atoms with E-state index in [0.29, 0.717) is 46.2 Å². The highest BCUT2D eigenvalue weighted by atomic mass is 35.5. The van der Waals surface area contributed by atoms with Gasteiger partial charge in [-0.1, -0.05) is 37.4 Å². The number of aryl methyl sites for hydroxylation is 1. The van der Waals surface area contributed by atoms with Gasteiger partial charge in [-0.15, -0.1) is 0 Å². The predicted octanol–water partition coefficient (Wildman–Crippen LogP) is 5.34. The highest BCUT2D eigenvalue weighted by Gasteiger charge is 2.21. The van der Waals surface area contributed by atoms with Crippen molar-refractivity contribution in [3.63, 3.8) is 0 Å². The molecule has 0 radical (unpaired) electrons. The first-order valence-corrected chi connectivity index (χ1v) is 10.5. The standard InChI is InChI=1S/C23H26ClN3O4/c1-4-5-6-7-15-20-16(11-17(23(28)29)21(15)31-3)22(27-13-26-20)25-12-14-8-9-19(30-2)18(24)10-14/h8-11,13H,4-7,12H2,1-3H3,(H,28,29)(H,25,26,27). The first-order chi connectivity index (χ1) is 15.0. The summed E-state index contributed by atoms with van der Waals surface area (Å²) in [4.78, 5) is 20.7. The van der Waals surface area contributed by atoms with Crippen molar-refractivity contribution in [2.24, 2.45) is 0 Å². The van der Waals surface area contributed by atoms with Crippen molar-refractivity contribution in [2.75, 3.05) is 19.5 Å². The zero-order valence-corrected chi connectivity index (χ0v) is 18.6. The molecule has 1 heterocycles. The molecule has 0 aliphatic heterocycles. The van der Waals surface area contributed by atoms with Crippen LogP contribution in [0.1, 0.15) is 47.7 Å². The molecule has 0 saturated carbocycles. The number of benzene rings is 2. The lowest BCUT2D eigenvalue weighted by Gasteiger charge is -2.16. The number of rotatable bonds is 10. The van der Waals surface area contributed by atoms with E-state index in [-0.39, 0.29) is 5.56 Å². The van der Waals surface area contributed by atoms with E-state index in [2.05, 4.69) is 22.2 Å². The number of aromatic carboxylic acids is 1. The van der Waals surface area contributed by atoms with Crippen LogP contribution in [-0.2, 0) is 13.0 Å². The number of nitrogens with one attached hydrogen (secondary N) is 1. The first-order valence-electron chi connectivity index (χ1n) is 10.1. The van der Waals surface area contributed by atoms with Crippen molar-refractivity contribution in [1.82, 2.24) is 9.97 Å². The fraction of sp³-hybridized carbons (Fsp3) is 0.348. The van der Waals surface area contributed by atoms with Crippen molar-refractivity contribution in [3.8, 4) is 11.5 Å². The maximum absolute atomic E-state index is 11.9. The third-order valence-corrected chi connectivity index (χ3v) is 5.41. The summed E-state index contributed by atoms with van der Waals surface area (Å²) in [7, 11) is 3.06. The van der Waals surface area contributed by atoms with Crippen LogP contribution in [0, 0.1) is 0 Å². The third kappa shape index (κ3) is 4.99. The van der Waals surface area contributed by atoms with Crippen molar-refractivity contribution in [2.45, 2.75) is 39.2 Å². The van der Waals surface area contributed by atoms with E-state index in [9.17, 15) is 9.90 Å². The minimum absolute atomic E-state index is 0.104. The first kappa shape index (κ1) is 22.6. The smallest absolute Gasteiger partial charge is 0.339 e. The maximum Gasteiger partial charge on any atom is 0.339 e. The Morgan fingerprint density at radius 3 is 2.61 bits per heavy atom. The molecule has 0 saturated heterocycles. The molecule has 0 aliphatic carbocycles. The monoisotopic (exact) mass is 443 g/mol. The number of nitrogens with zero attached hydrogens (tertiary/aromatic N) is 2. The van der Waals surface area contributed by atoms with Gasteiger partial charge in [0.05, 0.1) is 24.8 Å². The van der Waals surface area contributed by atoms with Crippen molar-refractivity contribution in [3.05, 3.63) is 52.3 Å². The summed E-state index contributed by atoms with van der Waals surface area (Å²) < 4.78 is 10.7. The van der Waals surface area contributed by atoms with Crippen LogP contribution < -0.4 is 14.8 Å². The lowest BCUT2D eigenvalue weighted by Crippen LogP contribution is -2.08. The number of aromatic nitrogens is 2. The Bertz CT molecular complexity index is 1090. The number of anilines is 1. The minimum atomic E-state index is -1.05. The molecular weight excluding hydrogens is 418 g/mol. The molecule has 2 aromatic carbocycles. The fourth-order valence-electron chi connectivity index (χ4n) is 3.57. The SMILES string of the molecule is CCCCCc1c(OC)c(C(=O)O)cc2c(NCc3ccc(OC)c(Cl)c3)ncnc12. The molecule has 0 amide bonds. The molecule has 1 aromatic heterocycles. The lowest BCUT2D eigenvalue weighted by atomic mass is 9.98. The molecule has 7 nitrogen and oxygen atoms in total. The summed E-state index contributed by atoms with van der Waals surface area (Å²) in [6, 6.07) is 7.10. The second kappa shape index (κ2) is 10.3. The van der Waals surface area contributed by atoms with Gasteiger partial charge in [-0.05, 0) is 36.6 Å². The molecular formula is C23H26ClN3O4. The Kier molecular flexibility index (Phi) is 7.52. The van der Waals surface area contributed by atoms with Crippen LogP contribution in [0.4, 0.5) is 5.82 Å². The normalized spacial score (nSPS) is 10.8. The topological polar surface area (TPSA) is 93.6 Å². The molecule has 2 N–H and O–H groups in total. The van der Waals surface area contributed by atoms with Gasteiger partial charge in [0, 0.05) is 17.5 Å². The van der Waals surface area contributed by atoms with Crippen LogP contribution in [-0.4, -0.2) is 35.3 Å². The zero-order valence-electron chi connectivity index (χ0n) is 17.9. The van der Waals surface area contributed by atoms with Crippen molar-refractivity contribution >= 4 is 34.3 Å². The van der Waals surface area contributed by atoms with Crippen LogP contribution in [0.2, 0.25) is 5.02 Å². The number of carbonyl (C=O) groups is 1. The number of carboxylic acid groups (broad SMARTS) is 1. The van der Waals surface area contributed by atoms with E-state index in [1.54, 1.807) is 19.2 Å². The lowest BCUT2D eigenvalue weighted by molar-refractivity contribution is 0.0693. The van der Waals surface area contributed by atoms with Crippen LogP contribution in [0.5, 0.6) is 11.5 Å². The number of ether oxygens (including phenoxy) is 2. The average molecular weight is 444 g/mol. The molecule has 8 heteroatoms. The van der Waals surface area contributed by atoms with Crippen molar-refractivity contribution in [1.29, 1.82) is 0 Å². The molecule has 0 bridgehead atoms. The van der Waals surface area contributed by atoms with Gasteiger partial charge >= 0.3 is 5.97 Å². The van der Waals surface area contributed by atoms with Crippen molar-refractivity contribution < 1.29 is 19.4 Å². The summed E-state index contributed by atoms with van der Waals surface area (Å²) in [6.45, 7) is 2.58. The third-order valence-electron chi connectivity index (χ3n) is 5.12. The highest BCUT2D eigenvalue weighted by Crippen LogP contribution is 2.35. The van der Waals surface area contributed by atoms with Crippen LogP contribution in [0.3, 0.4) is 0 Å². The molecule has 3 rings (SSSR count). The van der Waals surface area contributed by atoms with E-state index in [0.717, 1.165) is 30.4 Å². The summed E-state index contributed by atoms with van der Waals surface area (Å²) in [5.74, 6) is 0.474. The molecule has 3 aromatic rings. The number of halogens is 1. The van der Waals surface area contributed by atoms with Gasteiger partial charge in [-0.2, -0.15) is 0 Å². The van der Waals surface area contributed by atoms with E-state index in [4.69, 9.17) is 21.1 Å². The van der Waals surface area contributed by atoms with E-state index >= 15 is 0 Å². The number of hydrogen-bond donors (Lipinski definition) is 2. The van der Waals surface area contributed by atoms with Gasteiger partial charge in [0.2, 0.25) is 0 Å². The summed E-state index contributed by atoms with van der Waals surface area (Å²) in [5.41, 5.74) is 2.53. The summed E-state index contributed by atoms with van der Waals surface area (Å²) in [5, 5.41) is 14.2. The molecule has 164 valence electrons. The van der Waals surface area contributed by atoms with E-state index in [1.807, 2.05) is 12.1 Å². The molecule has 0 spiro atoms. The number of carboxylic acids is 1. The number of fused-ring (bicyclic) bond motifs is 1. The quantitative estimate of drug-likeness (QED) is 0.408. The molecule has 0 aliphatic rings. The van der Waals surface area contributed by atoms with E-state index in [1.165, 1.54) is 13.4 Å². The average Bonchev–Trinajstić information content (AvgIpc) is 2.77. The number of hydrogen-bond acceptors (Lipinski definition) is 6. The maximum atomic E-state index is 11.9. The minimum Gasteiger partial charge on any atom is -0.495 e. The van der Waals surface area contributed by atoms with Gasteiger partial charge in [0.15, 0.2) is 0 Å². The molecule has 0 atom stereocenters. The van der Waals surface area contributed by atoms with E-state index < -0.39 is 5.97 Å². The van der Waals surface area contributed by atoms with Gasteiger partial charge in [0.25, 0.3) is 0 Å². The largest absolute Gasteiger partial charge is 0.495 e. The van der Waals surface area contributed by atoms with Crippen LogP contribution in [0.15, 0.2) is 30.6 Å². The number of unbranched alkanes of at least 4 members (excludes halogenated alkanes) is 2. The molecule has 0 fully saturated rings. The van der Waals surface area contributed by atoms with Gasteiger partial charge < -0.3 is 19.9 Å². The summed E-state index contributed by atoms with van der Waals surface area (Å²) in [6.07, 6.45) is 5.18. The Morgan fingerprint density at radius 1 is 1.16 bits per heavy atom. The molecule has 31 heavy (non-hydrogen) atoms. The Labute approximate surface area is 186 Å². The highest BCUT2D eigenvalue weighted by molar-refractivity contribution is 6.32. The zero-order chi connectivity index (χ0) is 22.4. The second-order valence-electron chi connectivity index (χ2n) is 7.14. The Hall–Kier alpha value is -3.06. The van der Waals surface area contributed by atoms with Crippen LogP contribution in [0.25, 0.3) is 10.9 Å². The Morgan fingerprint density at radius 2 is 1.97 bits per heavy atom. The fourth-order valence-corrected chi connectivity index (χ4v) is 3.86. The van der Waals surface area contributed by atoms with Gasteiger partial charge in [0.1, 0.15) is 29.2 Å². The van der Waals surface area contributed by atoms with Gasteiger partial charge in [-0.3, -0.25) is 0 Å². The number of methoxy groups -OCH3 is 2. The van der Waals surface area contributed by atoms with Gasteiger partial charge in [-0.25, -0.2) is 14.8 Å².